The van der Waals surface area contributed by atoms with Crippen molar-refractivity contribution in [3.63, 3.8) is 0 Å². The normalized spacial score (nSPS) is 11.3. The first-order valence-corrected chi connectivity index (χ1v) is 10.8. The van der Waals surface area contributed by atoms with Crippen LogP contribution in [-0.4, -0.2) is 101 Å². The molecule has 0 aliphatic rings. The molecule has 0 saturated heterocycles. The molecule has 0 aromatic heterocycles. The van der Waals surface area contributed by atoms with E-state index in [9.17, 15) is 24.0 Å². The standard InChI is InChI=1S/C20H36N4O9/c1-3-31-13-17(26)23-8-9-32-10-11-33-14-18(27)22-7-6-21-16(25)4-5-24-20(30)15(2)12-19(28)29/h15H,3-14H2,1-2H3,(H,21,25)(H,22,27)(H,23,26)(H,24,30)(H,28,29). The van der Waals surface area contributed by atoms with E-state index in [1.165, 1.54) is 6.92 Å². The lowest BCUT2D eigenvalue weighted by atomic mass is 10.1. The molecule has 13 nitrogen and oxygen atoms in total. The van der Waals surface area contributed by atoms with Gasteiger partial charge in [-0.25, -0.2) is 0 Å². The van der Waals surface area contributed by atoms with Gasteiger partial charge in [-0.15, -0.1) is 0 Å². The molecule has 0 aromatic rings. The monoisotopic (exact) mass is 476 g/mol. The number of nitrogens with one attached hydrogen (secondary N) is 4. The molecule has 4 amide bonds. The van der Waals surface area contributed by atoms with Gasteiger partial charge in [0.1, 0.15) is 13.2 Å². The summed E-state index contributed by atoms with van der Waals surface area (Å²) in [5.41, 5.74) is 0. The highest BCUT2D eigenvalue weighted by Crippen LogP contribution is 2.01. The molecule has 0 spiro atoms. The SMILES string of the molecule is CCOCC(=O)NCCOCCOCC(=O)NCCNC(=O)CCNC(=O)C(C)CC(=O)O. The van der Waals surface area contributed by atoms with Crippen molar-refractivity contribution >= 4 is 29.6 Å². The zero-order valence-corrected chi connectivity index (χ0v) is 19.3. The highest BCUT2D eigenvalue weighted by molar-refractivity contribution is 5.83. The Morgan fingerprint density at radius 2 is 1.30 bits per heavy atom. The molecule has 1 atom stereocenters. The van der Waals surface area contributed by atoms with E-state index in [4.69, 9.17) is 19.3 Å². The maximum Gasteiger partial charge on any atom is 0.304 e. The van der Waals surface area contributed by atoms with Crippen molar-refractivity contribution in [3.8, 4) is 0 Å². The summed E-state index contributed by atoms with van der Waals surface area (Å²) < 4.78 is 15.4. The van der Waals surface area contributed by atoms with E-state index >= 15 is 0 Å². The fourth-order valence-electron chi connectivity index (χ4n) is 2.26. The molecule has 5 N–H and O–H groups in total. The van der Waals surface area contributed by atoms with Crippen molar-refractivity contribution in [1.82, 2.24) is 21.3 Å². The van der Waals surface area contributed by atoms with E-state index < -0.39 is 17.8 Å². The van der Waals surface area contributed by atoms with Crippen LogP contribution in [0.3, 0.4) is 0 Å². The molecule has 0 aliphatic heterocycles. The van der Waals surface area contributed by atoms with Crippen LogP contribution in [0.5, 0.6) is 0 Å². The topological polar surface area (TPSA) is 181 Å². The van der Waals surface area contributed by atoms with Crippen LogP contribution in [0.4, 0.5) is 0 Å². The Morgan fingerprint density at radius 1 is 0.727 bits per heavy atom. The Labute approximate surface area is 193 Å². The number of ether oxygens (including phenoxy) is 3. The third kappa shape index (κ3) is 19.6. The van der Waals surface area contributed by atoms with Crippen LogP contribution in [0.2, 0.25) is 0 Å². The van der Waals surface area contributed by atoms with Crippen LogP contribution in [-0.2, 0) is 38.2 Å². The molecule has 0 radical (unpaired) electrons. The average Bonchev–Trinajstić information content (AvgIpc) is 2.76. The van der Waals surface area contributed by atoms with Crippen LogP contribution in [0, 0.1) is 5.92 Å². The minimum Gasteiger partial charge on any atom is -0.481 e. The summed E-state index contributed by atoms with van der Waals surface area (Å²) >= 11 is 0. The van der Waals surface area contributed by atoms with Gasteiger partial charge >= 0.3 is 5.97 Å². The molecule has 0 aliphatic carbocycles. The lowest BCUT2D eigenvalue weighted by Gasteiger charge is -2.10. The molecule has 1 unspecified atom stereocenters. The molecule has 0 rings (SSSR count). The lowest BCUT2D eigenvalue weighted by molar-refractivity contribution is -0.140. The van der Waals surface area contributed by atoms with Crippen LogP contribution >= 0.6 is 0 Å². The number of hydrogen-bond acceptors (Lipinski definition) is 8. The number of hydrogen-bond donors (Lipinski definition) is 5. The van der Waals surface area contributed by atoms with Crippen LogP contribution in [0.25, 0.3) is 0 Å². The van der Waals surface area contributed by atoms with Gasteiger partial charge in [-0.05, 0) is 6.92 Å². The van der Waals surface area contributed by atoms with Crippen molar-refractivity contribution in [2.24, 2.45) is 5.92 Å². The first-order valence-electron chi connectivity index (χ1n) is 10.8. The summed E-state index contributed by atoms with van der Waals surface area (Å²) in [5, 5.41) is 18.9. The number of aliphatic carboxylic acids is 1. The summed E-state index contributed by atoms with van der Waals surface area (Å²) in [6, 6.07) is 0. The minimum atomic E-state index is -1.06. The van der Waals surface area contributed by atoms with Crippen molar-refractivity contribution in [3.05, 3.63) is 0 Å². The van der Waals surface area contributed by atoms with E-state index in [0.717, 1.165) is 0 Å². The van der Waals surface area contributed by atoms with Gasteiger partial charge in [-0.2, -0.15) is 0 Å². The highest BCUT2D eigenvalue weighted by atomic mass is 16.5. The third-order valence-electron chi connectivity index (χ3n) is 3.96. The Bertz CT molecular complexity index is 616. The maximum absolute atomic E-state index is 11.7. The minimum absolute atomic E-state index is 0.0200. The zero-order valence-electron chi connectivity index (χ0n) is 19.3. The third-order valence-corrected chi connectivity index (χ3v) is 3.96. The van der Waals surface area contributed by atoms with Crippen molar-refractivity contribution in [1.29, 1.82) is 0 Å². The van der Waals surface area contributed by atoms with Crippen LogP contribution < -0.4 is 21.3 Å². The summed E-state index contributed by atoms with van der Waals surface area (Å²) in [6.45, 7) is 5.33. The van der Waals surface area contributed by atoms with Gasteiger partial charge < -0.3 is 40.6 Å². The van der Waals surface area contributed by atoms with Crippen molar-refractivity contribution < 1.29 is 43.3 Å². The average molecular weight is 477 g/mol. The first-order chi connectivity index (χ1) is 15.8. The van der Waals surface area contributed by atoms with E-state index in [0.29, 0.717) is 19.8 Å². The molecular weight excluding hydrogens is 440 g/mol. The largest absolute Gasteiger partial charge is 0.481 e. The molecule has 0 saturated carbocycles. The molecule has 33 heavy (non-hydrogen) atoms. The highest BCUT2D eigenvalue weighted by Gasteiger charge is 2.16. The second-order valence-corrected chi connectivity index (χ2v) is 6.89. The summed E-state index contributed by atoms with van der Waals surface area (Å²) in [7, 11) is 0. The van der Waals surface area contributed by atoms with Crippen molar-refractivity contribution in [2.75, 3.05) is 65.8 Å². The Hall–Kier alpha value is -2.77. The molecule has 0 aromatic carbocycles. The fraction of sp³-hybridized carbons (Fsp3) is 0.750. The molecule has 190 valence electrons. The smallest absolute Gasteiger partial charge is 0.304 e. The summed E-state index contributed by atoms with van der Waals surface area (Å²) in [4.78, 5) is 56.8. The molecule has 0 fully saturated rings. The number of carbonyl (C=O) groups is 5. The van der Waals surface area contributed by atoms with E-state index in [1.54, 1.807) is 6.92 Å². The van der Waals surface area contributed by atoms with Gasteiger partial charge in [0.25, 0.3) is 0 Å². The number of rotatable bonds is 20. The molecular formula is C20H36N4O9. The first kappa shape index (κ1) is 30.2. The predicted octanol–water partition coefficient (Wildman–Crippen LogP) is -1.98. The fourth-order valence-corrected chi connectivity index (χ4v) is 2.26. The van der Waals surface area contributed by atoms with E-state index in [1.807, 2.05) is 0 Å². The number of carbonyl (C=O) groups excluding carboxylic acids is 4. The van der Waals surface area contributed by atoms with Gasteiger partial charge in [-0.3, -0.25) is 24.0 Å². The number of carboxylic acid groups (broad SMARTS) is 1. The quantitative estimate of drug-likeness (QED) is 0.124. The van der Waals surface area contributed by atoms with E-state index in [2.05, 4.69) is 21.3 Å². The summed E-state index contributed by atoms with van der Waals surface area (Å²) in [6.07, 6.45) is -0.234. The van der Waals surface area contributed by atoms with Gasteiger partial charge in [0.05, 0.1) is 26.2 Å². The lowest BCUT2D eigenvalue weighted by Crippen LogP contribution is -2.38. The van der Waals surface area contributed by atoms with Crippen molar-refractivity contribution in [2.45, 2.75) is 26.7 Å². The van der Waals surface area contributed by atoms with Gasteiger partial charge in [0, 0.05) is 45.1 Å². The van der Waals surface area contributed by atoms with Gasteiger partial charge in [-0.1, -0.05) is 6.92 Å². The second kappa shape index (κ2) is 19.9. The molecule has 0 bridgehead atoms. The second-order valence-electron chi connectivity index (χ2n) is 6.89. The van der Waals surface area contributed by atoms with Crippen LogP contribution in [0.15, 0.2) is 0 Å². The van der Waals surface area contributed by atoms with Crippen LogP contribution in [0.1, 0.15) is 26.7 Å². The predicted molar refractivity (Wildman–Crippen MR) is 116 cm³/mol. The number of carboxylic acids is 1. The van der Waals surface area contributed by atoms with E-state index in [-0.39, 0.29) is 76.6 Å². The Balaban J connectivity index is 3.54. The molecule has 0 heterocycles. The molecule has 13 heteroatoms. The number of amides is 4. The zero-order chi connectivity index (χ0) is 24.9. The maximum atomic E-state index is 11.7. The Morgan fingerprint density at radius 3 is 1.94 bits per heavy atom. The van der Waals surface area contributed by atoms with Gasteiger partial charge in [0.15, 0.2) is 0 Å². The summed E-state index contributed by atoms with van der Waals surface area (Å²) in [5.74, 6) is -3.02. The Kier molecular flexibility index (Phi) is 18.2. The van der Waals surface area contributed by atoms with Gasteiger partial charge in [0.2, 0.25) is 23.6 Å².